The first-order chi connectivity index (χ1) is 9.82. The van der Waals surface area contributed by atoms with Crippen LogP contribution < -0.4 is 0 Å². The van der Waals surface area contributed by atoms with E-state index in [2.05, 4.69) is 15.9 Å². The SMILES string of the molecule is O=C(O)CN(C1CCCC1)S(=O)(=O)c1ccc(Cl)c(Br)c1. The molecule has 5 nitrogen and oxygen atoms in total. The van der Waals surface area contributed by atoms with Crippen molar-refractivity contribution < 1.29 is 18.3 Å². The fraction of sp³-hybridized carbons (Fsp3) is 0.462. The highest BCUT2D eigenvalue weighted by Crippen LogP contribution is 2.31. The van der Waals surface area contributed by atoms with Crippen molar-refractivity contribution in [1.82, 2.24) is 4.31 Å². The van der Waals surface area contributed by atoms with Crippen LogP contribution >= 0.6 is 27.5 Å². The molecule has 2 rings (SSSR count). The summed E-state index contributed by atoms with van der Waals surface area (Å²) in [5, 5.41) is 9.42. The zero-order chi connectivity index (χ0) is 15.6. The highest BCUT2D eigenvalue weighted by atomic mass is 79.9. The lowest BCUT2D eigenvalue weighted by Crippen LogP contribution is -2.42. The molecule has 116 valence electrons. The molecule has 0 spiro atoms. The third-order valence-electron chi connectivity index (χ3n) is 3.52. The number of hydrogen-bond donors (Lipinski definition) is 1. The van der Waals surface area contributed by atoms with E-state index in [4.69, 9.17) is 16.7 Å². The average Bonchev–Trinajstić information content (AvgIpc) is 2.92. The minimum atomic E-state index is -3.85. The van der Waals surface area contributed by atoms with Crippen LogP contribution in [-0.4, -0.2) is 36.4 Å². The summed E-state index contributed by atoms with van der Waals surface area (Å²) in [6, 6.07) is 4.03. The Morgan fingerprint density at radius 2 is 2.00 bits per heavy atom. The molecule has 8 heteroatoms. The van der Waals surface area contributed by atoms with Crippen LogP contribution in [0, 0.1) is 0 Å². The Hall–Kier alpha value is -0.630. The third kappa shape index (κ3) is 3.77. The van der Waals surface area contributed by atoms with Gasteiger partial charge in [0, 0.05) is 10.5 Å². The molecule has 0 atom stereocenters. The number of halogens is 2. The van der Waals surface area contributed by atoms with Gasteiger partial charge < -0.3 is 5.11 Å². The number of aliphatic carboxylic acids is 1. The largest absolute Gasteiger partial charge is 0.480 e. The van der Waals surface area contributed by atoms with Gasteiger partial charge in [-0.2, -0.15) is 4.31 Å². The molecule has 1 aliphatic carbocycles. The molecule has 0 bridgehead atoms. The minimum Gasteiger partial charge on any atom is -0.480 e. The topological polar surface area (TPSA) is 74.7 Å². The lowest BCUT2D eigenvalue weighted by atomic mass is 10.2. The number of rotatable bonds is 5. The quantitative estimate of drug-likeness (QED) is 0.830. The van der Waals surface area contributed by atoms with Crippen LogP contribution in [0.4, 0.5) is 0 Å². The Kier molecular flexibility index (Phi) is 5.29. The number of carboxylic acids is 1. The highest BCUT2D eigenvalue weighted by Gasteiger charge is 2.34. The predicted octanol–water partition coefficient (Wildman–Crippen LogP) is 3.12. The number of benzene rings is 1. The van der Waals surface area contributed by atoms with Crippen LogP contribution in [0.25, 0.3) is 0 Å². The summed E-state index contributed by atoms with van der Waals surface area (Å²) >= 11 is 9.06. The van der Waals surface area contributed by atoms with E-state index in [0.29, 0.717) is 22.3 Å². The van der Waals surface area contributed by atoms with E-state index in [-0.39, 0.29) is 10.9 Å². The number of hydrogen-bond acceptors (Lipinski definition) is 3. The van der Waals surface area contributed by atoms with Crippen LogP contribution in [-0.2, 0) is 14.8 Å². The van der Waals surface area contributed by atoms with E-state index in [9.17, 15) is 13.2 Å². The molecule has 0 saturated heterocycles. The maximum absolute atomic E-state index is 12.7. The fourth-order valence-corrected chi connectivity index (χ4v) is 4.82. The second kappa shape index (κ2) is 6.64. The number of carboxylic acid groups (broad SMARTS) is 1. The van der Waals surface area contributed by atoms with Gasteiger partial charge in [0.05, 0.1) is 9.92 Å². The van der Waals surface area contributed by atoms with E-state index in [1.54, 1.807) is 0 Å². The van der Waals surface area contributed by atoms with Crippen molar-refractivity contribution in [3.63, 3.8) is 0 Å². The summed E-state index contributed by atoms with van der Waals surface area (Å²) in [6.07, 6.45) is 3.23. The monoisotopic (exact) mass is 395 g/mol. The Labute approximate surface area is 137 Å². The first kappa shape index (κ1) is 16.7. The van der Waals surface area contributed by atoms with Crippen molar-refractivity contribution in [1.29, 1.82) is 0 Å². The smallest absolute Gasteiger partial charge is 0.318 e. The zero-order valence-electron chi connectivity index (χ0n) is 11.1. The van der Waals surface area contributed by atoms with Gasteiger partial charge in [-0.05, 0) is 47.0 Å². The molecule has 1 fully saturated rings. The van der Waals surface area contributed by atoms with E-state index in [1.807, 2.05) is 0 Å². The Morgan fingerprint density at radius 3 is 2.52 bits per heavy atom. The summed E-state index contributed by atoms with van der Waals surface area (Å²) < 4.78 is 27.0. The van der Waals surface area contributed by atoms with E-state index in [1.165, 1.54) is 18.2 Å². The summed E-state index contributed by atoms with van der Waals surface area (Å²) in [7, 11) is -3.85. The molecule has 0 radical (unpaired) electrons. The van der Waals surface area contributed by atoms with Crippen molar-refractivity contribution in [2.45, 2.75) is 36.6 Å². The molecule has 0 amide bonds. The van der Waals surface area contributed by atoms with Gasteiger partial charge in [0.2, 0.25) is 10.0 Å². The van der Waals surface area contributed by atoms with Gasteiger partial charge in [0.15, 0.2) is 0 Å². The van der Waals surface area contributed by atoms with Gasteiger partial charge >= 0.3 is 5.97 Å². The molecule has 1 aromatic rings. The minimum absolute atomic E-state index is 0.0481. The highest BCUT2D eigenvalue weighted by molar-refractivity contribution is 9.10. The maximum Gasteiger partial charge on any atom is 0.318 e. The fourth-order valence-electron chi connectivity index (χ4n) is 2.51. The molecule has 0 unspecified atom stereocenters. The number of nitrogens with zero attached hydrogens (tertiary/aromatic N) is 1. The standard InChI is InChI=1S/C13H15BrClNO4S/c14-11-7-10(5-6-12(11)15)21(19,20)16(8-13(17)18)9-3-1-2-4-9/h5-7,9H,1-4,8H2,(H,17,18). The van der Waals surface area contributed by atoms with Gasteiger partial charge in [-0.15, -0.1) is 0 Å². The number of sulfonamides is 1. The van der Waals surface area contributed by atoms with Crippen molar-refractivity contribution in [2.75, 3.05) is 6.54 Å². The van der Waals surface area contributed by atoms with E-state index >= 15 is 0 Å². The van der Waals surface area contributed by atoms with Crippen molar-refractivity contribution >= 4 is 43.5 Å². The van der Waals surface area contributed by atoms with Crippen LogP contribution in [0.1, 0.15) is 25.7 Å². The second-order valence-electron chi connectivity index (χ2n) is 4.96. The molecule has 0 aromatic heterocycles. The Morgan fingerprint density at radius 1 is 1.38 bits per heavy atom. The van der Waals surface area contributed by atoms with Crippen molar-refractivity contribution in [2.24, 2.45) is 0 Å². The van der Waals surface area contributed by atoms with Crippen LogP contribution in [0.5, 0.6) is 0 Å². The lowest BCUT2D eigenvalue weighted by molar-refractivity contribution is -0.137. The van der Waals surface area contributed by atoms with Crippen LogP contribution in [0.3, 0.4) is 0 Å². The summed E-state index contributed by atoms with van der Waals surface area (Å²) in [4.78, 5) is 11.1. The molecule has 1 saturated carbocycles. The molecule has 0 aliphatic heterocycles. The summed E-state index contributed by atoms with van der Waals surface area (Å²) in [6.45, 7) is -0.521. The number of carbonyl (C=O) groups is 1. The predicted molar refractivity (Wildman–Crippen MR) is 82.9 cm³/mol. The lowest BCUT2D eigenvalue weighted by Gasteiger charge is -2.26. The molecule has 1 aliphatic rings. The normalized spacial score (nSPS) is 16.5. The van der Waals surface area contributed by atoms with E-state index < -0.39 is 22.5 Å². The first-order valence-corrected chi connectivity index (χ1v) is 9.12. The van der Waals surface area contributed by atoms with E-state index in [0.717, 1.165) is 17.1 Å². The van der Waals surface area contributed by atoms with Gasteiger partial charge in [0.25, 0.3) is 0 Å². The first-order valence-electron chi connectivity index (χ1n) is 6.51. The molecule has 1 aromatic carbocycles. The maximum atomic E-state index is 12.7. The molecule has 1 N–H and O–H groups in total. The molecule has 21 heavy (non-hydrogen) atoms. The molecular formula is C13H15BrClNO4S. The Balaban J connectivity index is 2.40. The van der Waals surface area contributed by atoms with Crippen molar-refractivity contribution in [3.8, 4) is 0 Å². The molecular weight excluding hydrogens is 382 g/mol. The van der Waals surface area contributed by atoms with Crippen LogP contribution in [0.15, 0.2) is 27.6 Å². The molecule has 0 heterocycles. The Bertz CT molecular complexity index is 644. The third-order valence-corrected chi connectivity index (χ3v) is 6.63. The average molecular weight is 397 g/mol. The zero-order valence-corrected chi connectivity index (χ0v) is 14.3. The van der Waals surface area contributed by atoms with Gasteiger partial charge in [-0.3, -0.25) is 4.79 Å². The van der Waals surface area contributed by atoms with Gasteiger partial charge in [-0.1, -0.05) is 24.4 Å². The second-order valence-corrected chi connectivity index (χ2v) is 8.11. The van der Waals surface area contributed by atoms with Crippen molar-refractivity contribution in [3.05, 3.63) is 27.7 Å². The van der Waals surface area contributed by atoms with Crippen LogP contribution in [0.2, 0.25) is 5.02 Å². The summed E-state index contributed by atoms with van der Waals surface area (Å²) in [5.74, 6) is -1.15. The van der Waals surface area contributed by atoms with Gasteiger partial charge in [0.1, 0.15) is 6.54 Å². The summed E-state index contributed by atoms with van der Waals surface area (Å²) in [5.41, 5.74) is 0. The van der Waals surface area contributed by atoms with Gasteiger partial charge in [-0.25, -0.2) is 8.42 Å².